The van der Waals surface area contributed by atoms with Crippen molar-refractivity contribution < 1.29 is 4.79 Å². The minimum Gasteiger partial charge on any atom is -0.344 e. The number of hydrogen-bond donors (Lipinski definition) is 1. The molecule has 1 aromatic heterocycles. The third kappa shape index (κ3) is 2.60. The van der Waals surface area contributed by atoms with Gasteiger partial charge in [-0.2, -0.15) is 0 Å². The van der Waals surface area contributed by atoms with Gasteiger partial charge in [0.15, 0.2) is 4.77 Å². The quantitative estimate of drug-likeness (QED) is 0.868. The second kappa shape index (κ2) is 5.46. The van der Waals surface area contributed by atoms with Crippen molar-refractivity contribution in [2.75, 3.05) is 13.6 Å². The van der Waals surface area contributed by atoms with E-state index in [0.717, 1.165) is 15.5 Å². The highest BCUT2D eigenvalue weighted by Crippen LogP contribution is 2.23. The van der Waals surface area contributed by atoms with Crippen LogP contribution in [0.3, 0.4) is 0 Å². The maximum Gasteiger partial charge on any atom is 0.245 e. The fourth-order valence-electron chi connectivity index (χ4n) is 2.07. The second-order valence-corrected chi connectivity index (χ2v) is 5.79. The Morgan fingerprint density at radius 1 is 1.58 bits per heavy atom. The van der Waals surface area contributed by atoms with Crippen LogP contribution < -0.4 is 0 Å². The van der Waals surface area contributed by atoms with Crippen LogP contribution in [0.5, 0.6) is 0 Å². The van der Waals surface area contributed by atoms with Crippen molar-refractivity contribution in [2.45, 2.75) is 19.9 Å². The van der Waals surface area contributed by atoms with Crippen LogP contribution in [0.2, 0.25) is 0 Å². The van der Waals surface area contributed by atoms with Gasteiger partial charge in [0.25, 0.3) is 0 Å². The number of hydrogen-bond acceptors (Lipinski definition) is 2. The van der Waals surface area contributed by atoms with Gasteiger partial charge in [0.1, 0.15) is 6.04 Å². The SMILES string of the molecule is CCN(C)C(=O)C(C)n1c(=S)[nH]c2cc(Br)ccc21. The molecular formula is C13H16BrN3OS. The number of imidazole rings is 1. The molecule has 1 atom stereocenters. The minimum absolute atomic E-state index is 0.0578. The highest BCUT2D eigenvalue weighted by molar-refractivity contribution is 9.10. The molecule has 0 aliphatic rings. The Morgan fingerprint density at radius 3 is 2.89 bits per heavy atom. The fourth-order valence-corrected chi connectivity index (χ4v) is 2.80. The van der Waals surface area contributed by atoms with E-state index < -0.39 is 0 Å². The van der Waals surface area contributed by atoms with Crippen molar-refractivity contribution in [1.29, 1.82) is 0 Å². The molecule has 2 rings (SSSR count). The molecule has 1 aromatic carbocycles. The fraction of sp³-hybridized carbons (Fsp3) is 0.385. The van der Waals surface area contributed by atoms with E-state index in [4.69, 9.17) is 12.2 Å². The van der Waals surface area contributed by atoms with E-state index in [9.17, 15) is 4.79 Å². The maximum atomic E-state index is 12.3. The van der Waals surface area contributed by atoms with Crippen LogP contribution in [0.25, 0.3) is 11.0 Å². The number of amides is 1. The van der Waals surface area contributed by atoms with Crippen molar-refractivity contribution >= 4 is 45.1 Å². The summed E-state index contributed by atoms with van der Waals surface area (Å²) in [6, 6.07) is 5.55. The molecule has 6 heteroatoms. The van der Waals surface area contributed by atoms with Crippen molar-refractivity contribution in [3.05, 3.63) is 27.4 Å². The van der Waals surface area contributed by atoms with E-state index in [1.54, 1.807) is 11.9 Å². The minimum atomic E-state index is -0.313. The van der Waals surface area contributed by atoms with Crippen LogP contribution in [-0.4, -0.2) is 34.0 Å². The molecule has 0 bridgehead atoms. The zero-order valence-corrected chi connectivity index (χ0v) is 13.5. The highest BCUT2D eigenvalue weighted by Gasteiger charge is 2.20. The van der Waals surface area contributed by atoms with E-state index in [2.05, 4.69) is 20.9 Å². The smallest absolute Gasteiger partial charge is 0.245 e. The topological polar surface area (TPSA) is 41.0 Å². The predicted octanol–water partition coefficient (Wildman–Crippen LogP) is 3.50. The monoisotopic (exact) mass is 341 g/mol. The number of aromatic nitrogens is 2. The number of likely N-dealkylation sites (N-methyl/N-ethyl adjacent to an activating group) is 1. The van der Waals surface area contributed by atoms with Crippen molar-refractivity contribution in [2.24, 2.45) is 0 Å². The molecule has 2 aromatic rings. The van der Waals surface area contributed by atoms with E-state index in [1.165, 1.54) is 0 Å². The number of carbonyl (C=O) groups excluding carboxylic acids is 1. The molecule has 1 heterocycles. The number of halogens is 1. The number of fused-ring (bicyclic) bond motifs is 1. The first-order valence-electron chi connectivity index (χ1n) is 6.10. The summed E-state index contributed by atoms with van der Waals surface area (Å²) < 4.78 is 3.41. The van der Waals surface area contributed by atoms with Gasteiger partial charge in [0.2, 0.25) is 5.91 Å². The predicted molar refractivity (Wildman–Crippen MR) is 82.8 cm³/mol. The van der Waals surface area contributed by atoms with E-state index in [-0.39, 0.29) is 11.9 Å². The van der Waals surface area contributed by atoms with Gasteiger partial charge >= 0.3 is 0 Å². The molecule has 4 nitrogen and oxygen atoms in total. The molecule has 19 heavy (non-hydrogen) atoms. The first-order chi connectivity index (χ1) is 8.95. The lowest BCUT2D eigenvalue weighted by atomic mass is 10.2. The first-order valence-corrected chi connectivity index (χ1v) is 7.30. The van der Waals surface area contributed by atoms with Crippen LogP contribution in [-0.2, 0) is 4.79 Å². The van der Waals surface area contributed by atoms with Crippen molar-refractivity contribution in [1.82, 2.24) is 14.5 Å². The summed E-state index contributed by atoms with van der Waals surface area (Å²) >= 11 is 8.76. The van der Waals surface area contributed by atoms with E-state index >= 15 is 0 Å². The molecule has 0 saturated heterocycles. The number of benzene rings is 1. The van der Waals surface area contributed by atoms with E-state index in [1.807, 2.05) is 36.6 Å². The number of H-pyrrole nitrogens is 1. The van der Waals surface area contributed by atoms with Crippen LogP contribution in [0.4, 0.5) is 0 Å². The summed E-state index contributed by atoms with van der Waals surface area (Å²) in [6.45, 7) is 4.51. The normalized spacial score (nSPS) is 12.6. The second-order valence-electron chi connectivity index (χ2n) is 4.49. The van der Waals surface area contributed by atoms with Gasteiger partial charge in [-0.3, -0.25) is 4.79 Å². The number of nitrogens with zero attached hydrogens (tertiary/aromatic N) is 2. The molecule has 1 unspecified atom stereocenters. The van der Waals surface area contributed by atoms with Gasteiger partial charge in [0.05, 0.1) is 11.0 Å². The Hall–Kier alpha value is -1.14. The van der Waals surface area contributed by atoms with Gasteiger partial charge in [-0.05, 0) is 44.3 Å². The number of nitrogens with one attached hydrogen (secondary N) is 1. The van der Waals surface area contributed by atoms with Crippen LogP contribution in [0.1, 0.15) is 19.9 Å². The summed E-state index contributed by atoms with van der Waals surface area (Å²) in [7, 11) is 1.80. The number of aromatic amines is 1. The van der Waals surface area contributed by atoms with Gasteiger partial charge < -0.3 is 14.5 Å². The summed E-state index contributed by atoms with van der Waals surface area (Å²) in [6.07, 6.45) is 0. The summed E-state index contributed by atoms with van der Waals surface area (Å²) in [5.74, 6) is 0.0578. The lowest BCUT2D eigenvalue weighted by molar-refractivity contribution is -0.132. The molecular weight excluding hydrogens is 326 g/mol. The number of carbonyl (C=O) groups is 1. The molecule has 0 radical (unpaired) electrons. The molecule has 0 fully saturated rings. The molecule has 102 valence electrons. The van der Waals surface area contributed by atoms with Gasteiger partial charge in [-0.1, -0.05) is 15.9 Å². The number of rotatable bonds is 3. The summed E-state index contributed by atoms with van der Waals surface area (Å²) in [5, 5.41) is 0. The maximum absolute atomic E-state index is 12.3. The summed E-state index contributed by atoms with van der Waals surface area (Å²) in [5.41, 5.74) is 1.87. The molecule has 0 aliphatic carbocycles. The van der Waals surface area contributed by atoms with Crippen LogP contribution >= 0.6 is 28.1 Å². The average Bonchev–Trinajstić information content (AvgIpc) is 2.71. The van der Waals surface area contributed by atoms with Gasteiger partial charge in [-0.15, -0.1) is 0 Å². The van der Waals surface area contributed by atoms with Gasteiger partial charge in [-0.25, -0.2) is 0 Å². The van der Waals surface area contributed by atoms with Crippen molar-refractivity contribution in [3.8, 4) is 0 Å². The zero-order chi connectivity index (χ0) is 14.2. The molecule has 0 saturated carbocycles. The zero-order valence-electron chi connectivity index (χ0n) is 11.1. The lowest BCUT2D eigenvalue weighted by Gasteiger charge is -2.21. The Kier molecular flexibility index (Phi) is 4.10. The van der Waals surface area contributed by atoms with Crippen LogP contribution in [0.15, 0.2) is 22.7 Å². The highest BCUT2D eigenvalue weighted by atomic mass is 79.9. The standard InChI is InChI=1S/C13H16BrN3OS/c1-4-16(3)12(18)8(2)17-11-6-5-9(14)7-10(11)15-13(17)19/h5-8H,4H2,1-3H3,(H,15,19). The summed E-state index contributed by atoms with van der Waals surface area (Å²) in [4.78, 5) is 17.1. The van der Waals surface area contributed by atoms with Gasteiger partial charge in [0, 0.05) is 18.1 Å². The third-order valence-electron chi connectivity index (χ3n) is 3.27. The Labute approximate surface area is 125 Å². The van der Waals surface area contributed by atoms with Crippen LogP contribution in [0, 0.1) is 4.77 Å². The Morgan fingerprint density at radius 2 is 2.26 bits per heavy atom. The third-order valence-corrected chi connectivity index (χ3v) is 4.07. The molecule has 0 spiro atoms. The molecule has 0 aliphatic heterocycles. The lowest BCUT2D eigenvalue weighted by Crippen LogP contribution is -2.32. The Balaban J connectivity index is 2.53. The van der Waals surface area contributed by atoms with Crippen molar-refractivity contribution in [3.63, 3.8) is 0 Å². The molecule has 1 amide bonds. The van der Waals surface area contributed by atoms with E-state index in [0.29, 0.717) is 11.3 Å². The molecule has 1 N–H and O–H groups in total. The first kappa shape index (κ1) is 14.3. The average molecular weight is 342 g/mol. The Bertz CT molecular complexity index is 676. The largest absolute Gasteiger partial charge is 0.344 e.